The van der Waals surface area contributed by atoms with Crippen LogP contribution in [0.2, 0.25) is 0 Å². The third kappa shape index (κ3) is 3.65. The van der Waals surface area contributed by atoms with E-state index >= 15 is 0 Å². The SMILES string of the molecule is CCCc1ccc(S(=O)(=O)Nc2ccc(-n3ccnc3)cc2)cc1. The average Bonchev–Trinajstić information content (AvgIpc) is 3.10. The van der Waals surface area contributed by atoms with Crippen molar-refractivity contribution in [3.63, 3.8) is 0 Å². The Hall–Kier alpha value is -2.60. The first-order valence-corrected chi connectivity index (χ1v) is 9.27. The van der Waals surface area contributed by atoms with Crippen LogP contribution < -0.4 is 4.72 Å². The Morgan fingerprint density at radius 2 is 1.75 bits per heavy atom. The summed E-state index contributed by atoms with van der Waals surface area (Å²) < 4.78 is 29.4. The van der Waals surface area contributed by atoms with Crippen LogP contribution in [0.25, 0.3) is 5.69 Å². The van der Waals surface area contributed by atoms with E-state index in [4.69, 9.17) is 0 Å². The number of imidazole rings is 1. The van der Waals surface area contributed by atoms with Gasteiger partial charge in [0.1, 0.15) is 0 Å². The first-order chi connectivity index (χ1) is 11.6. The molecule has 0 saturated heterocycles. The first kappa shape index (κ1) is 16.3. The predicted molar refractivity (Wildman–Crippen MR) is 94.8 cm³/mol. The zero-order valence-corrected chi connectivity index (χ0v) is 14.2. The average molecular weight is 341 g/mol. The molecule has 0 saturated carbocycles. The number of aryl methyl sites for hydroxylation is 1. The molecule has 124 valence electrons. The minimum atomic E-state index is -3.58. The molecule has 0 aliphatic carbocycles. The lowest BCUT2D eigenvalue weighted by Crippen LogP contribution is -2.13. The molecule has 0 unspecified atom stereocenters. The monoisotopic (exact) mass is 341 g/mol. The van der Waals surface area contributed by atoms with Gasteiger partial charge in [-0.25, -0.2) is 13.4 Å². The summed E-state index contributed by atoms with van der Waals surface area (Å²) in [5, 5.41) is 0. The molecule has 1 heterocycles. The Morgan fingerprint density at radius 1 is 1.04 bits per heavy atom. The summed E-state index contributed by atoms with van der Waals surface area (Å²) >= 11 is 0. The van der Waals surface area contributed by atoms with E-state index in [0.717, 1.165) is 24.1 Å². The fourth-order valence-electron chi connectivity index (χ4n) is 2.45. The molecule has 0 aliphatic rings. The lowest BCUT2D eigenvalue weighted by Gasteiger charge is -2.10. The van der Waals surface area contributed by atoms with Crippen molar-refractivity contribution in [3.8, 4) is 5.69 Å². The summed E-state index contributed by atoms with van der Waals surface area (Å²) in [4.78, 5) is 4.26. The number of nitrogens with zero attached hydrogens (tertiary/aromatic N) is 2. The lowest BCUT2D eigenvalue weighted by atomic mass is 10.1. The van der Waals surface area contributed by atoms with Gasteiger partial charge in [0.15, 0.2) is 0 Å². The minimum absolute atomic E-state index is 0.265. The normalized spacial score (nSPS) is 11.4. The standard InChI is InChI=1S/C18H19N3O2S/c1-2-3-15-4-10-18(11-5-15)24(22,23)20-16-6-8-17(9-7-16)21-13-12-19-14-21/h4-14,20H,2-3H2,1H3. The number of hydrogen-bond acceptors (Lipinski definition) is 3. The fourth-order valence-corrected chi connectivity index (χ4v) is 3.51. The van der Waals surface area contributed by atoms with Crippen LogP contribution in [-0.2, 0) is 16.4 Å². The molecular weight excluding hydrogens is 322 g/mol. The molecule has 1 N–H and O–H groups in total. The molecule has 1 aromatic heterocycles. The highest BCUT2D eigenvalue weighted by Gasteiger charge is 2.14. The van der Waals surface area contributed by atoms with E-state index in [0.29, 0.717) is 5.69 Å². The molecule has 0 radical (unpaired) electrons. The fraction of sp³-hybridized carbons (Fsp3) is 0.167. The number of nitrogens with one attached hydrogen (secondary N) is 1. The van der Waals surface area contributed by atoms with Crippen LogP contribution in [0.4, 0.5) is 5.69 Å². The smallest absolute Gasteiger partial charge is 0.261 e. The van der Waals surface area contributed by atoms with Gasteiger partial charge >= 0.3 is 0 Å². The van der Waals surface area contributed by atoms with Crippen molar-refractivity contribution in [2.24, 2.45) is 0 Å². The summed E-state index contributed by atoms with van der Waals surface area (Å²) in [5.41, 5.74) is 2.58. The van der Waals surface area contributed by atoms with E-state index < -0.39 is 10.0 Å². The Kier molecular flexibility index (Phi) is 4.66. The molecule has 0 atom stereocenters. The van der Waals surface area contributed by atoms with E-state index in [2.05, 4.69) is 16.6 Å². The summed E-state index contributed by atoms with van der Waals surface area (Å²) in [6.45, 7) is 2.10. The van der Waals surface area contributed by atoms with Crippen molar-refractivity contribution in [3.05, 3.63) is 72.8 Å². The van der Waals surface area contributed by atoms with Crippen molar-refractivity contribution >= 4 is 15.7 Å². The molecule has 0 spiro atoms. The molecule has 3 rings (SSSR count). The Labute approximate surface area is 142 Å². The van der Waals surface area contributed by atoms with Gasteiger partial charge in [0.05, 0.1) is 11.2 Å². The van der Waals surface area contributed by atoms with Crippen LogP contribution in [0.1, 0.15) is 18.9 Å². The second-order valence-electron chi connectivity index (χ2n) is 5.52. The maximum Gasteiger partial charge on any atom is 0.261 e. The topological polar surface area (TPSA) is 64.0 Å². The molecule has 0 bridgehead atoms. The van der Waals surface area contributed by atoms with Gasteiger partial charge < -0.3 is 4.57 Å². The van der Waals surface area contributed by atoms with E-state index in [1.807, 2.05) is 35.0 Å². The molecule has 3 aromatic rings. The number of hydrogen-bond donors (Lipinski definition) is 1. The van der Waals surface area contributed by atoms with Gasteiger partial charge in [-0.15, -0.1) is 0 Å². The van der Waals surface area contributed by atoms with Crippen LogP contribution in [0.15, 0.2) is 72.1 Å². The van der Waals surface area contributed by atoms with Crippen LogP contribution >= 0.6 is 0 Å². The van der Waals surface area contributed by atoms with Gasteiger partial charge in [-0.2, -0.15) is 0 Å². The van der Waals surface area contributed by atoms with E-state index in [1.165, 1.54) is 0 Å². The third-order valence-electron chi connectivity index (χ3n) is 3.69. The molecule has 24 heavy (non-hydrogen) atoms. The Bertz CT molecular complexity index is 884. The quantitative estimate of drug-likeness (QED) is 0.745. The number of rotatable bonds is 6. The van der Waals surface area contributed by atoms with Gasteiger partial charge in [-0.1, -0.05) is 25.5 Å². The summed E-state index contributed by atoms with van der Waals surface area (Å²) in [5.74, 6) is 0. The van der Waals surface area contributed by atoms with Crippen LogP contribution in [0.3, 0.4) is 0 Å². The Balaban J connectivity index is 1.76. The number of anilines is 1. The lowest BCUT2D eigenvalue weighted by molar-refractivity contribution is 0.601. The van der Waals surface area contributed by atoms with Crippen molar-refractivity contribution in [2.45, 2.75) is 24.7 Å². The highest BCUT2D eigenvalue weighted by Crippen LogP contribution is 2.19. The van der Waals surface area contributed by atoms with Crippen molar-refractivity contribution in [1.82, 2.24) is 9.55 Å². The molecule has 6 heteroatoms. The van der Waals surface area contributed by atoms with Gasteiger partial charge in [0.25, 0.3) is 10.0 Å². The van der Waals surface area contributed by atoms with Gasteiger partial charge in [0.2, 0.25) is 0 Å². The van der Waals surface area contributed by atoms with Crippen molar-refractivity contribution in [2.75, 3.05) is 4.72 Å². The maximum atomic E-state index is 12.5. The molecule has 5 nitrogen and oxygen atoms in total. The third-order valence-corrected chi connectivity index (χ3v) is 5.09. The minimum Gasteiger partial charge on any atom is -0.306 e. The largest absolute Gasteiger partial charge is 0.306 e. The zero-order valence-electron chi connectivity index (χ0n) is 13.4. The highest BCUT2D eigenvalue weighted by molar-refractivity contribution is 7.92. The molecule has 0 aliphatic heterocycles. The first-order valence-electron chi connectivity index (χ1n) is 7.78. The van der Waals surface area contributed by atoms with E-state index in [9.17, 15) is 8.42 Å². The number of benzene rings is 2. The summed E-state index contributed by atoms with van der Waals surface area (Å²) in [6.07, 6.45) is 7.20. The molecule has 2 aromatic carbocycles. The van der Waals surface area contributed by atoms with Gasteiger partial charge in [0, 0.05) is 23.8 Å². The number of sulfonamides is 1. The van der Waals surface area contributed by atoms with Crippen molar-refractivity contribution < 1.29 is 8.42 Å². The maximum absolute atomic E-state index is 12.5. The van der Waals surface area contributed by atoms with Gasteiger partial charge in [-0.3, -0.25) is 4.72 Å². The molecular formula is C18H19N3O2S. The zero-order chi connectivity index (χ0) is 17.0. The van der Waals surface area contributed by atoms with Crippen molar-refractivity contribution in [1.29, 1.82) is 0 Å². The Morgan fingerprint density at radius 3 is 2.33 bits per heavy atom. The number of aromatic nitrogens is 2. The second-order valence-corrected chi connectivity index (χ2v) is 7.20. The van der Waals surface area contributed by atoms with E-state index in [-0.39, 0.29) is 4.90 Å². The second kappa shape index (κ2) is 6.88. The van der Waals surface area contributed by atoms with Gasteiger partial charge in [-0.05, 0) is 48.4 Å². The highest BCUT2D eigenvalue weighted by atomic mass is 32.2. The van der Waals surface area contributed by atoms with E-state index in [1.54, 1.807) is 36.8 Å². The molecule has 0 amide bonds. The van der Waals surface area contributed by atoms with Crippen LogP contribution in [-0.4, -0.2) is 18.0 Å². The summed E-state index contributed by atoms with van der Waals surface area (Å²) in [7, 11) is -3.58. The van der Waals surface area contributed by atoms with Crippen LogP contribution in [0.5, 0.6) is 0 Å². The summed E-state index contributed by atoms with van der Waals surface area (Å²) in [6, 6.07) is 14.2. The molecule has 0 fully saturated rings. The van der Waals surface area contributed by atoms with Crippen LogP contribution in [0, 0.1) is 0 Å². The predicted octanol–water partition coefficient (Wildman–Crippen LogP) is 3.63.